The highest BCUT2D eigenvalue weighted by Crippen LogP contribution is 2.02. The van der Waals surface area contributed by atoms with Crippen LogP contribution in [0.1, 0.15) is 26.2 Å². The molecule has 4 nitrogen and oxygen atoms in total. The topological polar surface area (TPSA) is 83.5 Å². The average Bonchev–Trinajstić information content (AvgIpc) is 1.98. The highest BCUT2D eigenvalue weighted by Gasteiger charge is 2.20. The normalized spacial score (nSPS) is 14.6. The fourth-order valence-electron chi connectivity index (χ4n) is 0.781. The molecule has 0 fully saturated rings. The van der Waals surface area contributed by atoms with Crippen LogP contribution in [0.5, 0.6) is 0 Å². The first-order valence-electron chi connectivity index (χ1n) is 3.76. The molecule has 0 saturated carbocycles. The van der Waals surface area contributed by atoms with E-state index >= 15 is 0 Å². The Morgan fingerprint density at radius 1 is 1.58 bits per heavy atom. The van der Waals surface area contributed by atoms with Crippen LogP contribution in [0, 0.1) is 0 Å². The number of aliphatic hydroxyl groups excluding tert-OH is 1. The summed E-state index contributed by atoms with van der Waals surface area (Å²) in [5, 5.41) is 17.2. The van der Waals surface area contributed by atoms with Gasteiger partial charge in [-0.3, -0.25) is 0 Å². The molecule has 0 aliphatic carbocycles. The number of hydrogen-bond acceptors (Lipinski definition) is 3. The van der Waals surface area contributed by atoms with Crippen molar-refractivity contribution >= 4 is 18.4 Å². The van der Waals surface area contributed by atoms with Crippen LogP contribution in [0.25, 0.3) is 0 Å². The van der Waals surface area contributed by atoms with Crippen LogP contribution < -0.4 is 5.73 Å². The van der Waals surface area contributed by atoms with E-state index in [9.17, 15) is 4.79 Å². The molecular weight excluding hydrogens is 182 g/mol. The monoisotopic (exact) mass is 197 g/mol. The molecule has 74 valence electrons. The summed E-state index contributed by atoms with van der Waals surface area (Å²) in [5.74, 6) is -1.24. The van der Waals surface area contributed by atoms with Gasteiger partial charge in [-0.15, -0.1) is 12.4 Å². The van der Waals surface area contributed by atoms with Gasteiger partial charge in [0.1, 0.15) is 0 Å². The van der Waals surface area contributed by atoms with Crippen LogP contribution in [-0.4, -0.2) is 28.3 Å². The number of aliphatic hydroxyl groups is 1. The minimum absolute atomic E-state index is 0. The maximum Gasteiger partial charge on any atom is 0.334 e. The molecule has 12 heavy (non-hydrogen) atoms. The van der Waals surface area contributed by atoms with E-state index in [1.165, 1.54) is 0 Å². The molecule has 4 N–H and O–H groups in total. The van der Waals surface area contributed by atoms with Crippen molar-refractivity contribution < 1.29 is 15.0 Å². The lowest BCUT2D eigenvalue weighted by Gasteiger charge is -2.13. The first-order valence-corrected chi connectivity index (χ1v) is 3.76. The van der Waals surface area contributed by atoms with E-state index in [-0.39, 0.29) is 12.4 Å². The number of carboxylic acid groups (broad SMARTS) is 1. The summed E-state index contributed by atoms with van der Waals surface area (Å²) in [5.41, 5.74) is 5.37. The van der Waals surface area contributed by atoms with Gasteiger partial charge in [0.25, 0.3) is 0 Å². The van der Waals surface area contributed by atoms with Crippen LogP contribution in [0.15, 0.2) is 0 Å². The van der Waals surface area contributed by atoms with Crippen molar-refractivity contribution in [1.29, 1.82) is 0 Å². The molecule has 0 heterocycles. The quantitative estimate of drug-likeness (QED) is 0.595. The third-order valence-electron chi connectivity index (χ3n) is 1.55. The Hall–Kier alpha value is -0.320. The molecule has 0 aliphatic heterocycles. The summed E-state index contributed by atoms with van der Waals surface area (Å²) < 4.78 is 0. The smallest absolute Gasteiger partial charge is 0.334 e. The maximum atomic E-state index is 10.2. The third kappa shape index (κ3) is 5.35. The Morgan fingerprint density at radius 3 is 2.42 bits per heavy atom. The van der Waals surface area contributed by atoms with Gasteiger partial charge in [0.15, 0.2) is 6.10 Å². The highest BCUT2D eigenvalue weighted by atomic mass is 35.5. The Bertz CT molecular complexity index is 132. The summed E-state index contributed by atoms with van der Waals surface area (Å²) in [6.07, 6.45) is 0.955. The number of aliphatic carboxylic acids is 1. The molecule has 0 unspecified atom stereocenters. The third-order valence-corrected chi connectivity index (χ3v) is 1.55. The minimum Gasteiger partial charge on any atom is -0.479 e. The van der Waals surface area contributed by atoms with Crippen LogP contribution in [0.4, 0.5) is 0 Å². The van der Waals surface area contributed by atoms with Crippen molar-refractivity contribution in [2.75, 3.05) is 0 Å². The molecule has 0 aromatic rings. The van der Waals surface area contributed by atoms with Gasteiger partial charge in [0.2, 0.25) is 0 Å². The summed E-state index contributed by atoms with van der Waals surface area (Å²) in [4.78, 5) is 10.2. The average molecular weight is 198 g/mol. The van der Waals surface area contributed by atoms with E-state index in [1.807, 2.05) is 6.92 Å². The molecule has 0 aromatic carbocycles. The van der Waals surface area contributed by atoms with Crippen LogP contribution >= 0.6 is 12.4 Å². The van der Waals surface area contributed by atoms with Crippen LogP contribution in [0.2, 0.25) is 0 Å². The Kier molecular flexibility index (Phi) is 8.69. The van der Waals surface area contributed by atoms with Gasteiger partial charge in [0, 0.05) is 6.04 Å². The number of carbonyl (C=O) groups is 1. The van der Waals surface area contributed by atoms with Gasteiger partial charge in [-0.05, 0) is 6.42 Å². The first-order chi connectivity index (χ1) is 5.09. The van der Waals surface area contributed by atoms with Gasteiger partial charge in [-0.2, -0.15) is 0 Å². The predicted octanol–water partition coefficient (Wildman–Crippen LogP) is 0.371. The van der Waals surface area contributed by atoms with Crippen molar-refractivity contribution in [1.82, 2.24) is 0 Å². The second kappa shape index (κ2) is 7.34. The van der Waals surface area contributed by atoms with Gasteiger partial charge >= 0.3 is 5.97 Å². The Balaban J connectivity index is 0. The number of halogens is 1. The maximum absolute atomic E-state index is 10.2. The molecule has 0 bridgehead atoms. The number of unbranched alkanes of at least 4 members (excludes halogenated alkanes) is 1. The number of carboxylic acids is 1. The van der Waals surface area contributed by atoms with Crippen LogP contribution in [0.3, 0.4) is 0 Å². The lowest BCUT2D eigenvalue weighted by molar-refractivity contribution is -0.147. The summed E-state index contributed by atoms with van der Waals surface area (Å²) in [7, 11) is 0. The SMILES string of the molecule is CCCC[C@H](N)[C@H](O)C(=O)O.Cl. The molecule has 2 atom stereocenters. The Labute approximate surface area is 78.2 Å². The second-order valence-electron chi connectivity index (χ2n) is 2.59. The van der Waals surface area contributed by atoms with Crippen molar-refractivity contribution in [2.45, 2.75) is 38.3 Å². The molecule has 0 radical (unpaired) electrons. The fourth-order valence-corrected chi connectivity index (χ4v) is 0.781. The van der Waals surface area contributed by atoms with Crippen molar-refractivity contribution in [2.24, 2.45) is 5.73 Å². The van der Waals surface area contributed by atoms with Gasteiger partial charge in [-0.25, -0.2) is 4.79 Å². The second-order valence-corrected chi connectivity index (χ2v) is 2.59. The standard InChI is InChI=1S/C7H15NO3.ClH/c1-2-3-4-5(8)6(9)7(10)11;/h5-6,9H,2-4,8H2,1H3,(H,10,11);1H/t5-,6-;/m0./s1. The Morgan fingerprint density at radius 2 is 2.08 bits per heavy atom. The van der Waals surface area contributed by atoms with Crippen molar-refractivity contribution in [3.8, 4) is 0 Å². The summed E-state index contributed by atoms with van der Waals surface area (Å²) in [6, 6.07) is -0.632. The highest BCUT2D eigenvalue weighted by molar-refractivity contribution is 5.85. The van der Waals surface area contributed by atoms with E-state index < -0.39 is 18.1 Å². The number of hydrogen-bond donors (Lipinski definition) is 3. The van der Waals surface area contributed by atoms with Crippen molar-refractivity contribution in [3.05, 3.63) is 0 Å². The molecular formula is C7H16ClNO3. The molecule has 0 spiro atoms. The number of rotatable bonds is 5. The molecule has 5 heteroatoms. The molecule has 0 aliphatic rings. The van der Waals surface area contributed by atoms with E-state index in [4.69, 9.17) is 15.9 Å². The number of nitrogens with two attached hydrogens (primary N) is 1. The largest absolute Gasteiger partial charge is 0.479 e. The first kappa shape index (κ1) is 14.2. The zero-order valence-corrected chi connectivity index (χ0v) is 7.88. The lowest BCUT2D eigenvalue weighted by atomic mass is 10.1. The van der Waals surface area contributed by atoms with Gasteiger partial charge in [0.05, 0.1) is 0 Å². The van der Waals surface area contributed by atoms with Gasteiger partial charge in [-0.1, -0.05) is 19.8 Å². The van der Waals surface area contributed by atoms with Crippen molar-refractivity contribution in [3.63, 3.8) is 0 Å². The zero-order chi connectivity index (χ0) is 8.85. The summed E-state index contributed by atoms with van der Waals surface area (Å²) in [6.45, 7) is 1.99. The summed E-state index contributed by atoms with van der Waals surface area (Å²) >= 11 is 0. The van der Waals surface area contributed by atoms with E-state index in [1.54, 1.807) is 0 Å². The molecule has 0 amide bonds. The van der Waals surface area contributed by atoms with E-state index in [0.29, 0.717) is 6.42 Å². The zero-order valence-electron chi connectivity index (χ0n) is 7.06. The molecule has 0 saturated heterocycles. The fraction of sp³-hybridized carbons (Fsp3) is 0.857. The lowest BCUT2D eigenvalue weighted by Crippen LogP contribution is -2.40. The predicted molar refractivity (Wildman–Crippen MR) is 48.4 cm³/mol. The van der Waals surface area contributed by atoms with Gasteiger partial charge < -0.3 is 15.9 Å². The van der Waals surface area contributed by atoms with E-state index in [2.05, 4.69) is 0 Å². The van der Waals surface area contributed by atoms with Crippen LogP contribution in [-0.2, 0) is 4.79 Å². The van der Waals surface area contributed by atoms with E-state index in [0.717, 1.165) is 12.8 Å². The minimum atomic E-state index is -1.42. The molecule has 0 aromatic heterocycles. The molecule has 0 rings (SSSR count).